The van der Waals surface area contributed by atoms with Crippen LogP contribution in [0.3, 0.4) is 0 Å². The zero-order valence-electron chi connectivity index (χ0n) is 18.4. The molecule has 0 radical (unpaired) electrons. The van der Waals surface area contributed by atoms with Gasteiger partial charge in [-0.05, 0) is 62.6 Å². The predicted octanol–water partition coefficient (Wildman–Crippen LogP) is 4.16. The third-order valence-corrected chi connectivity index (χ3v) is 7.75. The first-order chi connectivity index (χ1) is 14.9. The van der Waals surface area contributed by atoms with E-state index in [0.717, 1.165) is 54.1 Å². The summed E-state index contributed by atoms with van der Waals surface area (Å²) in [6, 6.07) is 11.3. The number of piperidine rings is 1. The third kappa shape index (κ3) is 4.27. The van der Waals surface area contributed by atoms with Crippen LogP contribution in [0.2, 0.25) is 0 Å². The fourth-order valence-electron chi connectivity index (χ4n) is 4.20. The molecular formula is C23H30N4O3S. The summed E-state index contributed by atoms with van der Waals surface area (Å²) < 4.78 is 35.3. The smallest absolute Gasteiger partial charge is 0.243 e. The Labute approximate surface area is 184 Å². The Bertz CT molecular complexity index is 1180. The molecule has 31 heavy (non-hydrogen) atoms. The predicted molar refractivity (Wildman–Crippen MR) is 123 cm³/mol. The van der Waals surface area contributed by atoms with E-state index in [0.29, 0.717) is 30.0 Å². The fourth-order valence-corrected chi connectivity index (χ4v) is 5.73. The fraction of sp³-hybridized carbons (Fsp3) is 0.435. The molecule has 0 aliphatic carbocycles. The van der Waals surface area contributed by atoms with Crippen LogP contribution < -0.4 is 10.1 Å². The lowest BCUT2D eigenvalue weighted by atomic mass is 10.2. The van der Waals surface area contributed by atoms with E-state index in [1.165, 1.54) is 0 Å². The van der Waals surface area contributed by atoms with E-state index in [-0.39, 0.29) is 0 Å². The van der Waals surface area contributed by atoms with Gasteiger partial charge in [0.1, 0.15) is 11.6 Å². The first-order valence-electron chi connectivity index (χ1n) is 10.8. The lowest BCUT2D eigenvalue weighted by molar-refractivity contribution is 0.346. The second-order valence-electron chi connectivity index (χ2n) is 7.94. The zero-order chi connectivity index (χ0) is 22.0. The molecule has 3 aromatic rings. The topological polar surface area (TPSA) is 76.5 Å². The highest BCUT2D eigenvalue weighted by Gasteiger charge is 2.26. The number of aryl methyl sites for hydroxylation is 2. The summed E-state index contributed by atoms with van der Waals surface area (Å²) in [6.07, 6.45) is 2.93. The summed E-state index contributed by atoms with van der Waals surface area (Å²) in [5.41, 5.74) is 3.69. The van der Waals surface area contributed by atoms with Crippen LogP contribution in [0.5, 0.6) is 5.75 Å². The number of hydrogen-bond donors (Lipinski definition) is 1. The molecule has 1 saturated heterocycles. The summed E-state index contributed by atoms with van der Waals surface area (Å²) in [6.45, 7) is 6.55. The van der Waals surface area contributed by atoms with Crippen molar-refractivity contribution >= 4 is 26.7 Å². The number of rotatable bonds is 7. The average molecular weight is 443 g/mol. The van der Waals surface area contributed by atoms with Crippen molar-refractivity contribution in [3.8, 4) is 5.75 Å². The summed E-state index contributed by atoms with van der Waals surface area (Å²) >= 11 is 0. The number of methoxy groups -OCH3 is 1. The van der Waals surface area contributed by atoms with Gasteiger partial charge in [-0.2, -0.15) is 4.31 Å². The minimum Gasteiger partial charge on any atom is -0.495 e. The molecule has 1 aliphatic heterocycles. The van der Waals surface area contributed by atoms with Gasteiger partial charge in [-0.15, -0.1) is 0 Å². The maximum Gasteiger partial charge on any atom is 0.243 e. The minimum absolute atomic E-state index is 0.322. The highest BCUT2D eigenvalue weighted by atomic mass is 32.2. The maximum absolute atomic E-state index is 13.1. The van der Waals surface area contributed by atoms with Crippen LogP contribution >= 0.6 is 0 Å². The van der Waals surface area contributed by atoms with Crippen molar-refractivity contribution in [1.82, 2.24) is 13.9 Å². The minimum atomic E-state index is -3.48. The van der Waals surface area contributed by atoms with Gasteiger partial charge in [0.05, 0.1) is 35.3 Å². The molecular weight excluding hydrogens is 412 g/mol. The van der Waals surface area contributed by atoms with Gasteiger partial charge in [-0.3, -0.25) is 0 Å². The lowest BCUT2D eigenvalue weighted by Gasteiger charge is -2.25. The number of aromatic nitrogens is 2. The summed E-state index contributed by atoms with van der Waals surface area (Å²) in [7, 11) is -1.83. The largest absolute Gasteiger partial charge is 0.495 e. The Kier molecular flexibility index (Phi) is 6.20. The van der Waals surface area contributed by atoms with Crippen LogP contribution in [-0.2, 0) is 23.1 Å². The summed E-state index contributed by atoms with van der Waals surface area (Å²) in [5, 5.41) is 3.42. The van der Waals surface area contributed by atoms with E-state index in [1.54, 1.807) is 23.5 Å². The number of anilines is 1. The molecule has 8 heteroatoms. The highest BCUT2D eigenvalue weighted by molar-refractivity contribution is 7.89. The van der Waals surface area contributed by atoms with Gasteiger partial charge in [-0.1, -0.05) is 12.5 Å². The molecule has 0 spiro atoms. The number of sulfonamides is 1. The number of ether oxygens (including phenoxy) is 1. The quantitative estimate of drug-likeness (QED) is 0.595. The van der Waals surface area contributed by atoms with E-state index in [4.69, 9.17) is 9.72 Å². The van der Waals surface area contributed by atoms with Crippen LogP contribution in [0.15, 0.2) is 41.3 Å². The summed E-state index contributed by atoms with van der Waals surface area (Å²) in [4.78, 5) is 5.09. The standard InChI is InChI=1S/C23H30N4O3S/c1-4-27-21-10-9-18(31(28,29)26-12-6-5-7-13-26)15-19(21)25-23(27)16-24-20-14-17(2)8-11-22(20)30-3/h8-11,14-15,24H,4-7,12-13,16H2,1-3H3. The summed E-state index contributed by atoms with van der Waals surface area (Å²) in [5.74, 6) is 1.63. The van der Waals surface area contributed by atoms with Crippen LogP contribution in [0.1, 0.15) is 37.6 Å². The van der Waals surface area contributed by atoms with Gasteiger partial charge in [-0.25, -0.2) is 13.4 Å². The molecule has 4 rings (SSSR count). The first-order valence-corrected chi connectivity index (χ1v) is 12.3. The van der Waals surface area contributed by atoms with Crippen molar-refractivity contribution in [1.29, 1.82) is 0 Å². The highest BCUT2D eigenvalue weighted by Crippen LogP contribution is 2.28. The molecule has 1 fully saturated rings. The van der Waals surface area contributed by atoms with E-state index in [2.05, 4.69) is 16.8 Å². The van der Waals surface area contributed by atoms with E-state index < -0.39 is 10.0 Å². The number of nitrogens with one attached hydrogen (secondary N) is 1. The van der Waals surface area contributed by atoms with Gasteiger partial charge < -0.3 is 14.6 Å². The number of hydrogen-bond acceptors (Lipinski definition) is 5. The van der Waals surface area contributed by atoms with Crippen molar-refractivity contribution in [2.45, 2.75) is 51.1 Å². The number of benzene rings is 2. The van der Waals surface area contributed by atoms with Crippen molar-refractivity contribution in [2.75, 3.05) is 25.5 Å². The second-order valence-corrected chi connectivity index (χ2v) is 9.88. The van der Waals surface area contributed by atoms with E-state index in [1.807, 2.05) is 31.2 Å². The molecule has 0 saturated carbocycles. The average Bonchev–Trinajstić information content (AvgIpc) is 3.15. The molecule has 1 aliphatic rings. The Morgan fingerprint density at radius 2 is 1.87 bits per heavy atom. The molecule has 166 valence electrons. The number of imidazole rings is 1. The maximum atomic E-state index is 13.1. The first kappa shape index (κ1) is 21.6. The van der Waals surface area contributed by atoms with Crippen molar-refractivity contribution < 1.29 is 13.2 Å². The van der Waals surface area contributed by atoms with E-state index in [9.17, 15) is 8.42 Å². The van der Waals surface area contributed by atoms with Crippen LogP contribution in [0, 0.1) is 6.92 Å². The van der Waals surface area contributed by atoms with Crippen LogP contribution in [0.25, 0.3) is 11.0 Å². The zero-order valence-corrected chi connectivity index (χ0v) is 19.2. The SMILES string of the molecule is CCn1c(CNc2cc(C)ccc2OC)nc2cc(S(=O)(=O)N3CCCCC3)ccc21. The third-order valence-electron chi connectivity index (χ3n) is 5.86. The van der Waals surface area contributed by atoms with Crippen LogP contribution in [-0.4, -0.2) is 42.5 Å². The van der Waals surface area contributed by atoms with Crippen molar-refractivity contribution in [3.63, 3.8) is 0 Å². The molecule has 0 atom stereocenters. The molecule has 7 nitrogen and oxygen atoms in total. The Morgan fingerprint density at radius 1 is 1.10 bits per heavy atom. The van der Waals surface area contributed by atoms with Crippen LogP contribution in [0.4, 0.5) is 5.69 Å². The second kappa shape index (κ2) is 8.88. The molecule has 1 aromatic heterocycles. The van der Waals surface area contributed by atoms with Gasteiger partial charge >= 0.3 is 0 Å². The normalized spacial score (nSPS) is 15.3. The lowest BCUT2D eigenvalue weighted by Crippen LogP contribution is -2.35. The number of fused-ring (bicyclic) bond motifs is 1. The molecule has 2 heterocycles. The van der Waals surface area contributed by atoms with E-state index >= 15 is 0 Å². The molecule has 1 N–H and O–H groups in total. The van der Waals surface area contributed by atoms with Gasteiger partial charge in [0.15, 0.2) is 0 Å². The monoisotopic (exact) mass is 442 g/mol. The molecule has 2 aromatic carbocycles. The van der Waals surface area contributed by atoms with Crippen molar-refractivity contribution in [3.05, 3.63) is 47.8 Å². The van der Waals surface area contributed by atoms with Crippen molar-refractivity contribution in [2.24, 2.45) is 0 Å². The number of nitrogens with zero attached hydrogens (tertiary/aromatic N) is 3. The Morgan fingerprint density at radius 3 is 2.58 bits per heavy atom. The molecule has 0 amide bonds. The Balaban J connectivity index is 1.64. The Hall–Kier alpha value is -2.58. The van der Waals surface area contributed by atoms with Gasteiger partial charge in [0.2, 0.25) is 10.0 Å². The van der Waals surface area contributed by atoms with Gasteiger partial charge in [0.25, 0.3) is 0 Å². The molecule has 0 unspecified atom stereocenters. The van der Waals surface area contributed by atoms with Gasteiger partial charge in [0, 0.05) is 19.6 Å². The molecule has 0 bridgehead atoms.